The zero-order valence-electron chi connectivity index (χ0n) is 10.9. The fourth-order valence-electron chi connectivity index (χ4n) is 2.28. The molecule has 0 aromatic rings. The Balaban J connectivity index is 2.06. The zero-order chi connectivity index (χ0) is 11.9. The largest absolute Gasteiger partial charge is 0.322 e. The minimum absolute atomic E-state index is 0.233. The fraction of sp³-hybridized carbons (Fsp3) is 0.769. The van der Waals surface area contributed by atoms with E-state index in [1.54, 1.807) is 11.8 Å². The highest BCUT2D eigenvalue weighted by Gasteiger charge is 2.36. The number of thioether (sulfide) groups is 1. The van der Waals surface area contributed by atoms with Gasteiger partial charge in [0.1, 0.15) is 0 Å². The van der Waals surface area contributed by atoms with Crippen LogP contribution in [0.5, 0.6) is 0 Å². The number of hydrogen-bond donors (Lipinski definition) is 0. The average Bonchev–Trinajstić information content (AvgIpc) is 2.57. The SMILES string of the molecule is CC(C)C[C@H]1CN2C(C(C)(C)C)=CSC2=N1. The van der Waals surface area contributed by atoms with Gasteiger partial charge in [0.25, 0.3) is 0 Å². The Hall–Kier alpha value is -0.440. The van der Waals surface area contributed by atoms with Crippen LogP contribution in [0, 0.1) is 11.3 Å². The summed E-state index contributed by atoms with van der Waals surface area (Å²) in [6, 6.07) is 0.508. The van der Waals surface area contributed by atoms with Crippen LogP contribution in [0.2, 0.25) is 0 Å². The summed E-state index contributed by atoms with van der Waals surface area (Å²) in [6.07, 6.45) is 1.21. The Morgan fingerprint density at radius 3 is 2.75 bits per heavy atom. The molecule has 0 aromatic heterocycles. The highest BCUT2D eigenvalue weighted by Crippen LogP contribution is 2.40. The molecule has 16 heavy (non-hydrogen) atoms. The highest BCUT2D eigenvalue weighted by molar-refractivity contribution is 8.16. The van der Waals surface area contributed by atoms with Crippen molar-refractivity contribution in [2.45, 2.75) is 47.1 Å². The summed E-state index contributed by atoms with van der Waals surface area (Å²) in [6.45, 7) is 12.5. The molecular weight excluding hydrogens is 216 g/mol. The molecule has 0 unspecified atom stereocenters. The maximum atomic E-state index is 4.81. The number of allylic oxidation sites excluding steroid dienone is 1. The molecule has 1 atom stereocenters. The van der Waals surface area contributed by atoms with Crippen molar-refractivity contribution < 1.29 is 0 Å². The Morgan fingerprint density at radius 1 is 1.50 bits per heavy atom. The molecule has 2 rings (SSSR count). The molecule has 0 spiro atoms. The molecule has 0 saturated carbocycles. The number of hydrogen-bond acceptors (Lipinski definition) is 3. The first-order valence-electron chi connectivity index (χ1n) is 6.10. The zero-order valence-corrected chi connectivity index (χ0v) is 11.8. The van der Waals surface area contributed by atoms with E-state index in [0.29, 0.717) is 6.04 Å². The Bertz CT molecular complexity index is 336. The van der Waals surface area contributed by atoms with Gasteiger partial charge in [-0.3, -0.25) is 4.99 Å². The molecular formula is C13H22N2S. The van der Waals surface area contributed by atoms with E-state index in [9.17, 15) is 0 Å². The molecule has 0 aliphatic carbocycles. The number of aliphatic imine (C=N–C) groups is 1. The summed E-state index contributed by atoms with van der Waals surface area (Å²) in [5.41, 5.74) is 1.67. The molecule has 0 radical (unpaired) electrons. The predicted molar refractivity (Wildman–Crippen MR) is 72.5 cm³/mol. The van der Waals surface area contributed by atoms with Gasteiger partial charge in [0.05, 0.1) is 6.04 Å². The van der Waals surface area contributed by atoms with Gasteiger partial charge in [-0.1, -0.05) is 46.4 Å². The minimum atomic E-state index is 0.233. The van der Waals surface area contributed by atoms with Gasteiger partial charge < -0.3 is 4.90 Å². The quantitative estimate of drug-likeness (QED) is 0.729. The molecule has 2 aliphatic rings. The Kier molecular flexibility index (Phi) is 3.08. The Morgan fingerprint density at radius 2 is 2.19 bits per heavy atom. The third-order valence-electron chi connectivity index (χ3n) is 3.00. The van der Waals surface area contributed by atoms with Gasteiger partial charge in [0.2, 0.25) is 0 Å². The smallest absolute Gasteiger partial charge is 0.168 e. The van der Waals surface area contributed by atoms with Gasteiger partial charge >= 0.3 is 0 Å². The van der Waals surface area contributed by atoms with Gasteiger partial charge in [-0.05, 0) is 17.7 Å². The van der Waals surface area contributed by atoms with Crippen LogP contribution in [0.3, 0.4) is 0 Å². The third kappa shape index (κ3) is 2.29. The van der Waals surface area contributed by atoms with E-state index >= 15 is 0 Å². The first kappa shape index (κ1) is 12.0. The lowest BCUT2D eigenvalue weighted by Gasteiger charge is -2.28. The lowest BCUT2D eigenvalue weighted by Crippen LogP contribution is -2.30. The topological polar surface area (TPSA) is 15.6 Å². The molecule has 0 aromatic carbocycles. The maximum Gasteiger partial charge on any atom is 0.168 e. The second-order valence-corrected chi connectivity index (χ2v) is 7.01. The van der Waals surface area contributed by atoms with Gasteiger partial charge in [-0.2, -0.15) is 0 Å². The first-order chi connectivity index (χ1) is 7.38. The van der Waals surface area contributed by atoms with E-state index in [2.05, 4.69) is 44.9 Å². The summed E-state index contributed by atoms with van der Waals surface area (Å²) < 4.78 is 0. The highest BCUT2D eigenvalue weighted by atomic mass is 32.2. The summed E-state index contributed by atoms with van der Waals surface area (Å²) >= 11 is 1.79. The van der Waals surface area contributed by atoms with Crippen molar-refractivity contribution in [2.24, 2.45) is 16.3 Å². The number of amidine groups is 1. The first-order valence-corrected chi connectivity index (χ1v) is 6.98. The monoisotopic (exact) mass is 238 g/mol. The van der Waals surface area contributed by atoms with Crippen molar-refractivity contribution in [1.82, 2.24) is 4.90 Å². The summed E-state index contributed by atoms with van der Waals surface area (Å²) in [5, 5.41) is 3.49. The van der Waals surface area contributed by atoms with Gasteiger partial charge in [0.15, 0.2) is 5.17 Å². The lowest BCUT2D eigenvalue weighted by atomic mass is 9.92. The van der Waals surface area contributed by atoms with Crippen LogP contribution >= 0.6 is 11.8 Å². The maximum absolute atomic E-state index is 4.81. The van der Waals surface area contributed by atoms with Gasteiger partial charge in [0, 0.05) is 17.7 Å². The van der Waals surface area contributed by atoms with Crippen molar-refractivity contribution in [3.63, 3.8) is 0 Å². The van der Waals surface area contributed by atoms with E-state index < -0.39 is 0 Å². The average molecular weight is 238 g/mol. The van der Waals surface area contributed by atoms with E-state index in [4.69, 9.17) is 4.99 Å². The predicted octanol–water partition coefficient (Wildman–Crippen LogP) is 3.71. The molecule has 2 heterocycles. The summed E-state index contributed by atoms with van der Waals surface area (Å²) in [4.78, 5) is 7.22. The molecule has 3 heteroatoms. The fourth-order valence-corrected chi connectivity index (χ4v) is 3.48. The standard InChI is InChI=1S/C13H22N2S/c1-9(2)6-10-7-15-11(13(3,4)5)8-16-12(15)14-10/h8-10H,6-7H2,1-5H3/t10-/m0/s1. The van der Waals surface area contributed by atoms with Crippen LogP contribution in [0.15, 0.2) is 16.1 Å². The number of fused-ring (bicyclic) bond motifs is 1. The van der Waals surface area contributed by atoms with Gasteiger partial charge in [-0.25, -0.2) is 0 Å². The molecule has 2 aliphatic heterocycles. The summed E-state index contributed by atoms with van der Waals surface area (Å²) in [7, 11) is 0. The number of nitrogens with zero attached hydrogens (tertiary/aromatic N) is 2. The van der Waals surface area contributed by atoms with Crippen molar-refractivity contribution in [3.05, 3.63) is 11.1 Å². The molecule has 0 saturated heterocycles. The van der Waals surface area contributed by atoms with Crippen molar-refractivity contribution in [2.75, 3.05) is 6.54 Å². The molecule has 0 amide bonds. The van der Waals surface area contributed by atoms with E-state index in [1.807, 2.05) is 0 Å². The second kappa shape index (κ2) is 4.10. The Labute approximate surface area is 103 Å². The molecule has 0 N–H and O–H groups in total. The number of rotatable bonds is 2. The van der Waals surface area contributed by atoms with Crippen molar-refractivity contribution in [3.8, 4) is 0 Å². The minimum Gasteiger partial charge on any atom is -0.322 e. The molecule has 90 valence electrons. The van der Waals surface area contributed by atoms with E-state index in [0.717, 1.165) is 12.5 Å². The van der Waals surface area contributed by atoms with Crippen molar-refractivity contribution in [1.29, 1.82) is 0 Å². The van der Waals surface area contributed by atoms with Crippen molar-refractivity contribution >= 4 is 16.9 Å². The van der Waals surface area contributed by atoms with E-state index in [1.165, 1.54) is 17.3 Å². The lowest BCUT2D eigenvalue weighted by molar-refractivity contribution is 0.360. The van der Waals surface area contributed by atoms with Crippen LogP contribution in [0.25, 0.3) is 0 Å². The normalized spacial score (nSPS) is 24.9. The van der Waals surface area contributed by atoms with Gasteiger partial charge in [-0.15, -0.1) is 0 Å². The molecule has 2 nitrogen and oxygen atoms in total. The van der Waals surface area contributed by atoms with Crippen LogP contribution in [-0.2, 0) is 0 Å². The third-order valence-corrected chi connectivity index (χ3v) is 3.87. The van der Waals surface area contributed by atoms with E-state index in [-0.39, 0.29) is 5.41 Å². The summed E-state index contributed by atoms with van der Waals surface area (Å²) in [5.74, 6) is 0.737. The second-order valence-electron chi connectivity index (χ2n) is 6.18. The molecule has 0 fully saturated rings. The van der Waals surface area contributed by atoms with Crippen LogP contribution in [0.1, 0.15) is 41.0 Å². The van der Waals surface area contributed by atoms with Crippen LogP contribution in [-0.4, -0.2) is 22.7 Å². The molecule has 0 bridgehead atoms. The van der Waals surface area contributed by atoms with Crippen LogP contribution < -0.4 is 0 Å². The van der Waals surface area contributed by atoms with Crippen LogP contribution in [0.4, 0.5) is 0 Å².